The average Bonchev–Trinajstić information content (AvgIpc) is 2.73. The molecule has 4 heteroatoms. The van der Waals surface area contributed by atoms with Crippen LogP contribution in [0.4, 0.5) is 0 Å². The van der Waals surface area contributed by atoms with Crippen LogP contribution < -0.4 is 5.73 Å². The number of rotatable bonds is 2. The SMILES string of the molecule is CCc1nc(C2(N)CCCC2)n(C)n1. The lowest BCUT2D eigenvalue weighted by atomic mass is 9.98. The Bertz CT molecular complexity index is 323. The molecular weight excluding hydrogens is 176 g/mol. The van der Waals surface area contributed by atoms with E-state index in [2.05, 4.69) is 17.0 Å². The molecule has 0 radical (unpaired) electrons. The molecule has 1 aromatic heterocycles. The van der Waals surface area contributed by atoms with Gasteiger partial charge in [-0.15, -0.1) is 0 Å². The Morgan fingerprint density at radius 2 is 2.07 bits per heavy atom. The second-order valence-corrected chi connectivity index (χ2v) is 4.19. The highest BCUT2D eigenvalue weighted by molar-refractivity contribution is 5.09. The number of aromatic nitrogens is 3. The number of nitrogens with two attached hydrogens (primary N) is 1. The van der Waals surface area contributed by atoms with E-state index in [9.17, 15) is 0 Å². The summed E-state index contributed by atoms with van der Waals surface area (Å²) >= 11 is 0. The van der Waals surface area contributed by atoms with Crippen LogP contribution >= 0.6 is 0 Å². The molecule has 0 saturated heterocycles. The van der Waals surface area contributed by atoms with Gasteiger partial charge in [0.25, 0.3) is 0 Å². The van der Waals surface area contributed by atoms with E-state index in [0.717, 1.165) is 30.9 Å². The summed E-state index contributed by atoms with van der Waals surface area (Å²) in [6, 6.07) is 0. The van der Waals surface area contributed by atoms with Gasteiger partial charge < -0.3 is 5.73 Å². The highest BCUT2D eigenvalue weighted by Gasteiger charge is 2.35. The zero-order chi connectivity index (χ0) is 10.2. The van der Waals surface area contributed by atoms with Crippen molar-refractivity contribution in [2.24, 2.45) is 12.8 Å². The fraction of sp³-hybridized carbons (Fsp3) is 0.800. The first-order valence-corrected chi connectivity index (χ1v) is 5.35. The number of nitrogens with zero attached hydrogens (tertiary/aromatic N) is 3. The van der Waals surface area contributed by atoms with Gasteiger partial charge in [0, 0.05) is 13.5 Å². The third-order valence-corrected chi connectivity index (χ3v) is 3.06. The maximum absolute atomic E-state index is 6.33. The smallest absolute Gasteiger partial charge is 0.150 e. The Hall–Kier alpha value is -0.900. The summed E-state index contributed by atoms with van der Waals surface area (Å²) in [7, 11) is 1.94. The third kappa shape index (κ3) is 1.43. The van der Waals surface area contributed by atoms with Crippen molar-refractivity contribution in [3.8, 4) is 0 Å². The lowest BCUT2D eigenvalue weighted by Crippen LogP contribution is -2.36. The Morgan fingerprint density at radius 1 is 1.43 bits per heavy atom. The van der Waals surface area contributed by atoms with E-state index in [1.165, 1.54) is 12.8 Å². The van der Waals surface area contributed by atoms with Gasteiger partial charge in [0.05, 0.1) is 5.54 Å². The largest absolute Gasteiger partial charge is 0.319 e. The minimum atomic E-state index is -0.213. The van der Waals surface area contributed by atoms with Crippen LogP contribution in [0.2, 0.25) is 0 Å². The van der Waals surface area contributed by atoms with Crippen molar-refractivity contribution < 1.29 is 0 Å². The van der Waals surface area contributed by atoms with Crippen LogP contribution in [0.25, 0.3) is 0 Å². The zero-order valence-electron chi connectivity index (χ0n) is 8.95. The maximum atomic E-state index is 6.33. The van der Waals surface area contributed by atoms with Gasteiger partial charge in [-0.3, -0.25) is 4.68 Å². The minimum Gasteiger partial charge on any atom is -0.319 e. The van der Waals surface area contributed by atoms with Crippen molar-refractivity contribution in [1.82, 2.24) is 14.8 Å². The van der Waals surface area contributed by atoms with Gasteiger partial charge >= 0.3 is 0 Å². The van der Waals surface area contributed by atoms with Gasteiger partial charge in [-0.2, -0.15) is 5.10 Å². The molecule has 1 heterocycles. The average molecular weight is 194 g/mol. The zero-order valence-corrected chi connectivity index (χ0v) is 8.95. The van der Waals surface area contributed by atoms with Crippen LogP contribution in [-0.4, -0.2) is 14.8 Å². The molecule has 4 nitrogen and oxygen atoms in total. The highest BCUT2D eigenvalue weighted by atomic mass is 15.3. The van der Waals surface area contributed by atoms with Crippen LogP contribution in [0.15, 0.2) is 0 Å². The molecule has 0 amide bonds. The summed E-state index contributed by atoms with van der Waals surface area (Å²) in [6.07, 6.45) is 5.39. The van der Waals surface area contributed by atoms with E-state index < -0.39 is 0 Å². The van der Waals surface area contributed by atoms with E-state index in [-0.39, 0.29) is 5.54 Å². The van der Waals surface area contributed by atoms with Crippen LogP contribution in [0.5, 0.6) is 0 Å². The molecule has 1 fully saturated rings. The molecule has 78 valence electrons. The summed E-state index contributed by atoms with van der Waals surface area (Å²) in [4.78, 5) is 4.51. The predicted molar refractivity (Wildman–Crippen MR) is 54.7 cm³/mol. The number of hydrogen-bond acceptors (Lipinski definition) is 3. The summed E-state index contributed by atoms with van der Waals surface area (Å²) in [5, 5.41) is 4.34. The Balaban J connectivity index is 2.34. The van der Waals surface area contributed by atoms with Crippen molar-refractivity contribution >= 4 is 0 Å². The van der Waals surface area contributed by atoms with Crippen molar-refractivity contribution in [3.63, 3.8) is 0 Å². The fourth-order valence-corrected chi connectivity index (χ4v) is 2.25. The van der Waals surface area contributed by atoms with Gasteiger partial charge in [-0.1, -0.05) is 19.8 Å². The molecule has 1 aliphatic rings. The molecule has 14 heavy (non-hydrogen) atoms. The maximum Gasteiger partial charge on any atom is 0.150 e. The molecule has 2 N–H and O–H groups in total. The monoisotopic (exact) mass is 194 g/mol. The normalized spacial score (nSPS) is 20.2. The molecule has 0 unspecified atom stereocenters. The van der Waals surface area contributed by atoms with Gasteiger partial charge in [-0.25, -0.2) is 4.98 Å². The molecule has 0 aliphatic heterocycles. The van der Waals surface area contributed by atoms with Gasteiger partial charge in [0.1, 0.15) is 5.82 Å². The molecule has 1 aromatic rings. The Labute approximate surface area is 84.5 Å². The van der Waals surface area contributed by atoms with Crippen LogP contribution in [0.1, 0.15) is 44.3 Å². The van der Waals surface area contributed by atoms with Crippen molar-refractivity contribution in [2.75, 3.05) is 0 Å². The summed E-state index contributed by atoms with van der Waals surface area (Å²) < 4.78 is 1.85. The summed E-state index contributed by atoms with van der Waals surface area (Å²) in [5.41, 5.74) is 6.11. The van der Waals surface area contributed by atoms with Crippen molar-refractivity contribution in [2.45, 2.75) is 44.6 Å². The van der Waals surface area contributed by atoms with E-state index in [1.807, 2.05) is 11.7 Å². The van der Waals surface area contributed by atoms with E-state index in [1.54, 1.807) is 0 Å². The molecule has 1 aliphatic carbocycles. The van der Waals surface area contributed by atoms with Crippen LogP contribution in [0.3, 0.4) is 0 Å². The first-order valence-electron chi connectivity index (χ1n) is 5.35. The van der Waals surface area contributed by atoms with Crippen molar-refractivity contribution in [3.05, 3.63) is 11.6 Å². The first kappa shape index (κ1) is 9.65. The predicted octanol–water partition coefficient (Wildman–Crippen LogP) is 1.11. The lowest BCUT2D eigenvalue weighted by Gasteiger charge is -2.21. The molecular formula is C10H18N4. The number of hydrogen-bond donors (Lipinski definition) is 1. The fourth-order valence-electron chi connectivity index (χ4n) is 2.25. The quantitative estimate of drug-likeness (QED) is 0.767. The number of aryl methyl sites for hydroxylation is 2. The van der Waals surface area contributed by atoms with E-state index in [4.69, 9.17) is 5.73 Å². The molecule has 0 spiro atoms. The second kappa shape index (κ2) is 3.35. The van der Waals surface area contributed by atoms with Gasteiger partial charge in [-0.05, 0) is 12.8 Å². The first-order chi connectivity index (χ1) is 6.65. The van der Waals surface area contributed by atoms with E-state index >= 15 is 0 Å². The topological polar surface area (TPSA) is 56.7 Å². The highest BCUT2D eigenvalue weighted by Crippen LogP contribution is 2.34. The Morgan fingerprint density at radius 3 is 2.57 bits per heavy atom. The molecule has 0 bridgehead atoms. The standard InChI is InChI=1S/C10H18N4/c1-3-8-12-9(14(2)13-8)10(11)6-4-5-7-10/h3-7,11H2,1-2H3. The van der Waals surface area contributed by atoms with E-state index in [0.29, 0.717) is 0 Å². The molecule has 2 rings (SSSR count). The summed E-state index contributed by atoms with van der Waals surface area (Å²) in [6.45, 7) is 2.07. The summed E-state index contributed by atoms with van der Waals surface area (Å²) in [5.74, 6) is 1.87. The van der Waals surface area contributed by atoms with Gasteiger partial charge in [0.2, 0.25) is 0 Å². The van der Waals surface area contributed by atoms with Crippen molar-refractivity contribution in [1.29, 1.82) is 0 Å². The van der Waals surface area contributed by atoms with Gasteiger partial charge in [0.15, 0.2) is 5.82 Å². The third-order valence-electron chi connectivity index (χ3n) is 3.06. The molecule has 0 aromatic carbocycles. The minimum absolute atomic E-state index is 0.213. The van der Waals surface area contributed by atoms with Crippen LogP contribution in [0, 0.1) is 0 Å². The lowest BCUT2D eigenvalue weighted by molar-refractivity contribution is 0.410. The second-order valence-electron chi connectivity index (χ2n) is 4.19. The van der Waals surface area contributed by atoms with Crippen LogP contribution in [-0.2, 0) is 19.0 Å². The molecule has 1 saturated carbocycles. The Kier molecular flexibility index (Phi) is 2.31. The molecule has 0 atom stereocenters.